The highest BCUT2D eigenvalue weighted by Gasteiger charge is 2.33. The number of ether oxygens (including phenoxy) is 1. The van der Waals surface area contributed by atoms with Crippen molar-refractivity contribution in [1.29, 1.82) is 0 Å². The maximum atomic E-state index is 12.8. The van der Waals surface area contributed by atoms with Gasteiger partial charge in [0.2, 0.25) is 0 Å². The van der Waals surface area contributed by atoms with E-state index in [0.717, 1.165) is 24.2 Å². The van der Waals surface area contributed by atoms with Gasteiger partial charge < -0.3 is 15.4 Å². The standard InChI is InChI=1S/C18H20N2O2.ClH/c1-22-17-5-3-2-4-14(17)12-20(16-10-11-16)18(21)13-6-8-15(19)9-7-13;/h2-9,16H,10-12,19H2,1H3;1H. The molecule has 0 aromatic heterocycles. The molecule has 0 radical (unpaired) electrons. The van der Waals surface area contributed by atoms with Crippen LogP contribution in [0.4, 0.5) is 5.69 Å². The summed E-state index contributed by atoms with van der Waals surface area (Å²) in [5, 5.41) is 0. The zero-order valence-corrected chi connectivity index (χ0v) is 13.9. The molecule has 1 aliphatic rings. The van der Waals surface area contributed by atoms with E-state index in [-0.39, 0.29) is 18.3 Å². The predicted octanol–water partition coefficient (Wildman–Crippen LogP) is 3.50. The minimum atomic E-state index is 0. The van der Waals surface area contributed by atoms with Gasteiger partial charge in [0.05, 0.1) is 7.11 Å². The van der Waals surface area contributed by atoms with Crippen LogP contribution in [-0.4, -0.2) is 24.0 Å². The molecule has 1 amide bonds. The highest BCUT2D eigenvalue weighted by Crippen LogP contribution is 2.31. The lowest BCUT2D eigenvalue weighted by Crippen LogP contribution is -2.32. The maximum Gasteiger partial charge on any atom is 0.254 e. The molecule has 1 fully saturated rings. The molecule has 5 heteroatoms. The molecular formula is C18H21ClN2O2. The van der Waals surface area contributed by atoms with Crippen LogP contribution in [0.5, 0.6) is 5.75 Å². The third-order valence-corrected chi connectivity index (χ3v) is 3.94. The molecule has 0 saturated heterocycles. The second kappa shape index (κ2) is 7.38. The molecule has 1 saturated carbocycles. The van der Waals surface area contributed by atoms with Crippen LogP contribution in [0.1, 0.15) is 28.8 Å². The van der Waals surface area contributed by atoms with Crippen LogP contribution in [0.2, 0.25) is 0 Å². The minimum absolute atomic E-state index is 0. The fourth-order valence-electron chi connectivity index (χ4n) is 2.56. The number of nitrogens with zero attached hydrogens (tertiary/aromatic N) is 1. The molecule has 3 rings (SSSR count). The first-order valence-electron chi connectivity index (χ1n) is 7.47. The number of hydrogen-bond acceptors (Lipinski definition) is 3. The number of methoxy groups -OCH3 is 1. The number of rotatable bonds is 5. The van der Waals surface area contributed by atoms with Gasteiger partial charge in [-0.15, -0.1) is 12.4 Å². The van der Waals surface area contributed by atoms with E-state index < -0.39 is 0 Å². The van der Waals surface area contributed by atoms with Crippen molar-refractivity contribution in [3.8, 4) is 5.75 Å². The number of para-hydroxylation sites is 1. The fourth-order valence-corrected chi connectivity index (χ4v) is 2.56. The van der Waals surface area contributed by atoms with Crippen LogP contribution >= 0.6 is 12.4 Å². The lowest BCUT2D eigenvalue weighted by molar-refractivity contribution is 0.0729. The molecule has 4 nitrogen and oxygen atoms in total. The van der Waals surface area contributed by atoms with Gasteiger partial charge in [-0.1, -0.05) is 18.2 Å². The molecule has 0 atom stereocenters. The zero-order chi connectivity index (χ0) is 15.5. The molecule has 2 N–H and O–H groups in total. The topological polar surface area (TPSA) is 55.6 Å². The monoisotopic (exact) mass is 332 g/mol. The first-order chi connectivity index (χ1) is 10.7. The highest BCUT2D eigenvalue weighted by atomic mass is 35.5. The normalized spacial score (nSPS) is 13.1. The number of anilines is 1. The van der Waals surface area contributed by atoms with Crippen molar-refractivity contribution in [3.05, 3.63) is 59.7 Å². The number of nitrogens with two attached hydrogens (primary N) is 1. The van der Waals surface area contributed by atoms with Crippen LogP contribution in [-0.2, 0) is 6.54 Å². The van der Waals surface area contributed by atoms with Crippen molar-refractivity contribution >= 4 is 24.0 Å². The zero-order valence-electron chi connectivity index (χ0n) is 13.1. The Balaban J connectivity index is 0.00000192. The molecule has 1 aliphatic carbocycles. The summed E-state index contributed by atoms with van der Waals surface area (Å²) < 4.78 is 5.39. The van der Waals surface area contributed by atoms with E-state index in [1.807, 2.05) is 29.2 Å². The van der Waals surface area contributed by atoms with Gasteiger partial charge >= 0.3 is 0 Å². The lowest BCUT2D eigenvalue weighted by Gasteiger charge is -2.23. The predicted molar refractivity (Wildman–Crippen MR) is 94.0 cm³/mol. The van der Waals surface area contributed by atoms with Crippen molar-refractivity contribution in [2.24, 2.45) is 0 Å². The third-order valence-electron chi connectivity index (χ3n) is 3.94. The van der Waals surface area contributed by atoms with Crippen molar-refractivity contribution in [1.82, 2.24) is 4.90 Å². The van der Waals surface area contributed by atoms with Gasteiger partial charge in [0.25, 0.3) is 5.91 Å². The summed E-state index contributed by atoms with van der Waals surface area (Å²) in [4.78, 5) is 14.7. The Hall–Kier alpha value is -2.20. The molecule has 0 aliphatic heterocycles. The molecule has 2 aromatic rings. The summed E-state index contributed by atoms with van der Waals surface area (Å²) in [6, 6.07) is 15.3. The van der Waals surface area contributed by atoms with E-state index in [4.69, 9.17) is 10.5 Å². The third kappa shape index (κ3) is 3.96. The Morgan fingerprint density at radius 1 is 1.17 bits per heavy atom. The maximum absolute atomic E-state index is 12.8. The van der Waals surface area contributed by atoms with Crippen molar-refractivity contribution < 1.29 is 9.53 Å². The van der Waals surface area contributed by atoms with Gasteiger partial charge in [-0.25, -0.2) is 0 Å². The van der Waals surface area contributed by atoms with E-state index >= 15 is 0 Å². The Morgan fingerprint density at radius 3 is 2.43 bits per heavy atom. The van der Waals surface area contributed by atoms with Gasteiger partial charge in [0, 0.05) is 29.4 Å². The van der Waals surface area contributed by atoms with E-state index in [1.165, 1.54) is 0 Å². The second-order valence-electron chi connectivity index (χ2n) is 5.60. The molecule has 2 aromatic carbocycles. The van der Waals surface area contributed by atoms with Gasteiger partial charge in [-0.3, -0.25) is 4.79 Å². The summed E-state index contributed by atoms with van der Waals surface area (Å²) in [7, 11) is 1.65. The molecule has 23 heavy (non-hydrogen) atoms. The van der Waals surface area contributed by atoms with Crippen LogP contribution in [0.3, 0.4) is 0 Å². The van der Waals surface area contributed by atoms with Gasteiger partial charge in [-0.05, 0) is 43.2 Å². The quantitative estimate of drug-likeness (QED) is 0.852. The van der Waals surface area contributed by atoms with Crippen molar-refractivity contribution in [2.75, 3.05) is 12.8 Å². The summed E-state index contributed by atoms with van der Waals surface area (Å²) in [5.41, 5.74) is 8.07. The SMILES string of the molecule is COc1ccccc1CN(C(=O)c1ccc(N)cc1)C1CC1.Cl. The molecule has 0 spiro atoms. The lowest BCUT2D eigenvalue weighted by atomic mass is 10.1. The molecule has 0 bridgehead atoms. The number of hydrogen-bond donors (Lipinski definition) is 1. The van der Waals surface area contributed by atoms with Gasteiger partial charge in [0.15, 0.2) is 0 Å². The molecule has 0 heterocycles. The average Bonchev–Trinajstić information content (AvgIpc) is 3.38. The Labute approximate surface area is 142 Å². The Kier molecular flexibility index (Phi) is 5.50. The molecule has 0 unspecified atom stereocenters. The van der Waals surface area contributed by atoms with Crippen molar-refractivity contribution in [2.45, 2.75) is 25.4 Å². The number of halogens is 1. The van der Waals surface area contributed by atoms with Gasteiger partial charge in [0.1, 0.15) is 5.75 Å². The first-order valence-corrected chi connectivity index (χ1v) is 7.47. The van der Waals surface area contributed by atoms with E-state index in [0.29, 0.717) is 23.8 Å². The largest absolute Gasteiger partial charge is 0.496 e. The number of benzene rings is 2. The average molecular weight is 333 g/mol. The molecular weight excluding hydrogens is 312 g/mol. The number of nitrogen functional groups attached to an aromatic ring is 1. The summed E-state index contributed by atoms with van der Waals surface area (Å²) in [5.74, 6) is 0.867. The number of carbonyl (C=O) groups is 1. The summed E-state index contributed by atoms with van der Waals surface area (Å²) in [6.45, 7) is 0.567. The summed E-state index contributed by atoms with van der Waals surface area (Å²) >= 11 is 0. The minimum Gasteiger partial charge on any atom is -0.496 e. The van der Waals surface area contributed by atoms with Crippen LogP contribution in [0.25, 0.3) is 0 Å². The van der Waals surface area contributed by atoms with Crippen LogP contribution < -0.4 is 10.5 Å². The van der Waals surface area contributed by atoms with Crippen LogP contribution in [0.15, 0.2) is 48.5 Å². The fraction of sp³-hybridized carbons (Fsp3) is 0.278. The summed E-state index contributed by atoms with van der Waals surface area (Å²) in [6.07, 6.45) is 2.13. The number of carbonyl (C=O) groups excluding carboxylic acids is 1. The van der Waals surface area contributed by atoms with Gasteiger partial charge in [-0.2, -0.15) is 0 Å². The Bertz CT molecular complexity index is 669. The Morgan fingerprint density at radius 2 is 1.83 bits per heavy atom. The second-order valence-corrected chi connectivity index (χ2v) is 5.60. The smallest absolute Gasteiger partial charge is 0.254 e. The molecule has 122 valence electrons. The van der Waals surface area contributed by atoms with Crippen LogP contribution in [0, 0.1) is 0 Å². The first kappa shape index (κ1) is 17.2. The number of amides is 1. The van der Waals surface area contributed by atoms with E-state index in [9.17, 15) is 4.79 Å². The van der Waals surface area contributed by atoms with E-state index in [2.05, 4.69) is 0 Å². The van der Waals surface area contributed by atoms with Crippen molar-refractivity contribution in [3.63, 3.8) is 0 Å². The highest BCUT2D eigenvalue weighted by molar-refractivity contribution is 5.95. The van der Waals surface area contributed by atoms with E-state index in [1.54, 1.807) is 31.4 Å².